The van der Waals surface area contributed by atoms with Crippen molar-refractivity contribution in [1.29, 1.82) is 0 Å². The molecule has 1 heterocycles. The van der Waals surface area contributed by atoms with Crippen LogP contribution in [0.15, 0.2) is 17.5 Å². The zero-order valence-corrected chi connectivity index (χ0v) is 10.4. The first-order valence-corrected chi connectivity index (χ1v) is 6.96. The van der Waals surface area contributed by atoms with Crippen LogP contribution < -0.4 is 0 Å². The lowest BCUT2D eigenvalue weighted by Gasteiger charge is -2.21. The van der Waals surface area contributed by atoms with Crippen molar-refractivity contribution in [2.45, 2.75) is 38.8 Å². The average Bonchev–Trinajstić information content (AvgIpc) is 3.17. The van der Waals surface area contributed by atoms with E-state index in [1.54, 1.807) is 11.3 Å². The van der Waals surface area contributed by atoms with Crippen LogP contribution in [0.4, 0.5) is 0 Å². The van der Waals surface area contributed by atoms with Gasteiger partial charge in [-0.3, -0.25) is 4.79 Å². The van der Waals surface area contributed by atoms with Crippen LogP contribution in [0.5, 0.6) is 0 Å². The topological polar surface area (TPSA) is 20.3 Å². The highest BCUT2D eigenvalue weighted by molar-refractivity contribution is 7.09. The summed E-state index contributed by atoms with van der Waals surface area (Å²) >= 11 is 1.75. The first kappa shape index (κ1) is 10.3. The Balaban J connectivity index is 1.69. The van der Waals surface area contributed by atoms with Crippen molar-refractivity contribution in [2.75, 3.05) is 0 Å². The molecule has 2 fully saturated rings. The summed E-state index contributed by atoms with van der Waals surface area (Å²) in [4.78, 5) is 15.7. The van der Waals surface area contributed by atoms with Crippen molar-refractivity contribution in [2.24, 2.45) is 11.8 Å². The fourth-order valence-electron chi connectivity index (χ4n) is 2.22. The van der Waals surface area contributed by atoms with Gasteiger partial charge in [0.15, 0.2) is 0 Å². The molecule has 16 heavy (non-hydrogen) atoms. The molecule has 2 unspecified atom stereocenters. The molecule has 86 valence electrons. The Morgan fingerprint density at radius 3 is 2.81 bits per heavy atom. The van der Waals surface area contributed by atoms with Gasteiger partial charge in [0.25, 0.3) is 0 Å². The molecule has 3 heteroatoms. The number of hydrogen-bond acceptors (Lipinski definition) is 2. The minimum Gasteiger partial charge on any atom is -0.334 e. The lowest BCUT2D eigenvalue weighted by molar-refractivity contribution is -0.134. The predicted molar refractivity (Wildman–Crippen MR) is 65.2 cm³/mol. The Kier molecular flexibility index (Phi) is 2.51. The maximum absolute atomic E-state index is 12.3. The van der Waals surface area contributed by atoms with E-state index in [9.17, 15) is 4.79 Å². The Morgan fingerprint density at radius 2 is 2.31 bits per heavy atom. The molecule has 0 aliphatic heterocycles. The zero-order valence-electron chi connectivity index (χ0n) is 9.56. The van der Waals surface area contributed by atoms with E-state index in [-0.39, 0.29) is 0 Å². The van der Waals surface area contributed by atoms with Crippen molar-refractivity contribution in [1.82, 2.24) is 4.90 Å². The smallest absolute Gasteiger partial charge is 0.226 e. The summed E-state index contributed by atoms with van der Waals surface area (Å²) in [5, 5.41) is 2.09. The normalized spacial score (nSPS) is 27.8. The van der Waals surface area contributed by atoms with E-state index in [1.807, 2.05) is 0 Å². The fourth-order valence-corrected chi connectivity index (χ4v) is 2.93. The van der Waals surface area contributed by atoms with Gasteiger partial charge in [-0.25, -0.2) is 0 Å². The largest absolute Gasteiger partial charge is 0.334 e. The van der Waals surface area contributed by atoms with Crippen molar-refractivity contribution >= 4 is 17.2 Å². The molecule has 0 saturated heterocycles. The monoisotopic (exact) mass is 235 g/mol. The van der Waals surface area contributed by atoms with Gasteiger partial charge in [0.1, 0.15) is 0 Å². The van der Waals surface area contributed by atoms with Crippen LogP contribution in [0.2, 0.25) is 0 Å². The number of carbonyl (C=O) groups is 1. The summed E-state index contributed by atoms with van der Waals surface area (Å²) in [6.45, 7) is 3.02. The number of amides is 1. The number of carbonyl (C=O) groups excluding carboxylic acids is 1. The number of thiophene rings is 1. The van der Waals surface area contributed by atoms with Gasteiger partial charge in [-0.05, 0) is 36.6 Å². The third-order valence-electron chi connectivity index (χ3n) is 3.60. The summed E-state index contributed by atoms with van der Waals surface area (Å²) in [6, 6.07) is 4.74. The number of rotatable bonds is 4. The fraction of sp³-hybridized carbons (Fsp3) is 0.615. The van der Waals surface area contributed by atoms with Gasteiger partial charge in [0, 0.05) is 16.8 Å². The SMILES string of the molecule is CC1CC1C(=O)N(Cc1cccs1)C1CC1. The molecule has 1 aromatic heterocycles. The number of hydrogen-bond donors (Lipinski definition) is 0. The third-order valence-corrected chi connectivity index (χ3v) is 4.46. The van der Waals surface area contributed by atoms with E-state index in [0.29, 0.717) is 23.8 Å². The second-order valence-electron chi connectivity index (χ2n) is 5.10. The molecule has 0 bridgehead atoms. The molecule has 2 atom stereocenters. The maximum atomic E-state index is 12.3. The highest BCUT2D eigenvalue weighted by Crippen LogP contribution is 2.42. The van der Waals surface area contributed by atoms with Crippen molar-refractivity contribution in [3.05, 3.63) is 22.4 Å². The molecular weight excluding hydrogens is 218 g/mol. The molecule has 1 amide bonds. The second-order valence-corrected chi connectivity index (χ2v) is 6.13. The molecule has 3 rings (SSSR count). The Labute approximate surface area is 100 Å². The predicted octanol–water partition coefficient (Wildman–Crippen LogP) is 2.90. The highest BCUT2D eigenvalue weighted by atomic mass is 32.1. The van der Waals surface area contributed by atoms with Gasteiger partial charge in [0.05, 0.1) is 6.54 Å². The molecule has 0 radical (unpaired) electrons. The third kappa shape index (κ3) is 2.01. The Morgan fingerprint density at radius 1 is 1.56 bits per heavy atom. The Hall–Kier alpha value is -0.830. The maximum Gasteiger partial charge on any atom is 0.226 e. The van der Waals surface area contributed by atoms with Crippen LogP contribution in [0.25, 0.3) is 0 Å². The van der Waals surface area contributed by atoms with E-state index < -0.39 is 0 Å². The summed E-state index contributed by atoms with van der Waals surface area (Å²) in [5.41, 5.74) is 0. The number of nitrogens with zero attached hydrogens (tertiary/aromatic N) is 1. The lowest BCUT2D eigenvalue weighted by Crippen LogP contribution is -2.33. The molecule has 0 spiro atoms. The van der Waals surface area contributed by atoms with Crippen molar-refractivity contribution < 1.29 is 4.79 Å². The van der Waals surface area contributed by atoms with Crippen LogP contribution in [-0.2, 0) is 11.3 Å². The molecule has 2 nitrogen and oxygen atoms in total. The van der Waals surface area contributed by atoms with Crippen LogP contribution in [-0.4, -0.2) is 16.8 Å². The highest BCUT2D eigenvalue weighted by Gasteiger charge is 2.44. The first-order chi connectivity index (χ1) is 7.75. The van der Waals surface area contributed by atoms with Crippen LogP contribution in [0.1, 0.15) is 31.1 Å². The summed E-state index contributed by atoms with van der Waals surface area (Å²) < 4.78 is 0. The molecule has 0 aromatic carbocycles. The van der Waals surface area contributed by atoms with E-state index in [0.717, 1.165) is 13.0 Å². The molecule has 2 saturated carbocycles. The quantitative estimate of drug-likeness (QED) is 0.786. The lowest BCUT2D eigenvalue weighted by atomic mass is 10.2. The van der Waals surface area contributed by atoms with E-state index >= 15 is 0 Å². The minimum absolute atomic E-state index is 0.334. The van der Waals surface area contributed by atoms with Crippen LogP contribution in [0.3, 0.4) is 0 Å². The molecule has 0 N–H and O–H groups in total. The van der Waals surface area contributed by atoms with Gasteiger partial charge >= 0.3 is 0 Å². The van der Waals surface area contributed by atoms with Gasteiger partial charge in [-0.15, -0.1) is 11.3 Å². The summed E-state index contributed by atoms with van der Waals surface area (Å²) in [7, 11) is 0. The van der Waals surface area contributed by atoms with Crippen LogP contribution in [0, 0.1) is 11.8 Å². The first-order valence-electron chi connectivity index (χ1n) is 6.08. The minimum atomic E-state index is 0.334. The average molecular weight is 235 g/mol. The van der Waals surface area contributed by atoms with Gasteiger partial charge < -0.3 is 4.90 Å². The van der Waals surface area contributed by atoms with E-state index in [1.165, 1.54) is 17.7 Å². The van der Waals surface area contributed by atoms with E-state index in [4.69, 9.17) is 0 Å². The standard InChI is InChI=1S/C13H17NOS/c1-9-7-12(9)13(15)14(10-4-5-10)8-11-3-2-6-16-11/h2-3,6,9-10,12H,4-5,7-8H2,1H3. The summed E-state index contributed by atoms with van der Waals surface area (Å²) in [6.07, 6.45) is 3.52. The zero-order chi connectivity index (χ0) is 11.1. The summed E-state index contributed by atoms with van der Waals surface area (Å²) in [5.74, 6) is 1.36. The second kappa shape index (κ2) is 3.88. The van der Waals surface area contributed by atoms with E-state index in [2.05, 4.69) is 29.3 Å². The molecular formula is C13H17NOS. The van der Waals surface area contributed by atoms with Gasteiger partial charge in [-0.1, -0.05) is 13.0 Å². The van der Waals surface area contributed by atoms with Crippen LogP contribution >= 0.6 is 11.3 Å². The van der Waals surface area contributed by atoms with Gasteiger partial charge in [-0.2, -0.15) is 0 Å². The molecule has 1 aromatic rings. The Bertz CT molecular complexity index is 383. The van der Waals surface area contributed by atoms with Crippen molar-refractivity contribution in [3.63, 3.8) is 0 Å². The van der Waals surface area contributed by atoms with Crippen molar-refractivity contribution in [3.8, 4) is 0 Å². The molecule has 2 aliphatic carbocycles. The molecule has 2 aliphatic rings. The van der Waals surface area contributed by atoms with Gasteiger partial charge in [0.2, 0.25) is 5.91 Å².